The van der Waals surface area contributed by atoms with Crippen molar-refractivity contribution in [3.8, 4) is 21.7 Å². The largest absolute Gasteiger partial charge is 0.475 e. The minimum Gasteiger partial charge on any atom is -0.459 e. The average Bonchev–Trinajstić information content (AvgIpc) is 3.63. The van der Waals surface area contributed by atoms with Crippen molar-refractivity contribution in [3.63, 3.8) is 0 Å². The summed E-state index contributed by atoms with van der Waals surface area (Å²) in [5, 5.41) is 5.73. The van der Waals surface area contributed by atoms with Gasteiger partial charge >= 0.3 is 26.0 Å². The summed E-state index contributed by atoms with van der Waals surface area (Å²) in [6.45, 7) is 25.3. The molecule has 1 aromatic carbocycles. The van der Waals surface area contributed by atoms with Gasteiger partial charge in [0.2, 0.25) is 5.43 Å². The van der Waals surface area contributed by atoms with Crippen molar-refractivity contribution >= 4 is 56.2 Å². The first-order valence-electron chi connectivity index (χ1n) is 21.0. The van der Waals surface area contributed by atoms with Gasteiger partial charge in [0, 0.05) is 46.9 Å². The van der Waals surface area contributed by atoms with Crippen LogP contribution >= 0.6 is 19.2 Å². The lowest BCUT2D eigenvalue weighted by atomic mass is 9.82. The molecule has 3 aromatic heterocycles. The molecule has 3 heterocycles. The normalized spacial score (nSPS) is 13.8. The van der Waals surface area contributed by atoms with E-state index in [1.807, 2.05) is 52.3 Å². The highest BCUT2D eigenvalue weighted by molar-refractivity contribution is 7.48. The Morgan fingerprint density at radius 2 is 1.58 bits per heavy atom. The monoisotopic (exact) mass is 953 g/mol. The van der Waals surface area contributed by atoms with Gasteiger partial charge in [0.25, 0.3) is 0 Å². The first kappa shape index (κ1) is 52.6. The van der Waals surface area contributed by atoms with E-state index in [1.54, 1.807) is 66.7 Å². The van der Waals surface area contributed by atoms with E-state index >= 15 is 0 Å². The number of hydrogen-bond donors (Lipinski definition) is 3. The zero-order chi connectivity index (χ0) is 48.4. The summed E-state index contributed by atoms with van der Waals surface area (Å²) in [6.07, 6.45) is -0.720. The maximum atomic E-state index is 14.6. The minimum atomic E-state index is -4.72. The maximum Gasteiger partial charge on any atom is 0.475 e. The molecule has 0 aliphatic rings. The average molecular weight is 954 g/mol. The number of esters is 1. The van der Waals surface area contributed by atoms with Crippen LogP contribution in [0.1, 0.15) is 118 Å². The molecular formula is C44H63F3N5O9PSSi. The van der Waals surface area contributed by atoms with E-state index in [-0.39, 0.29) is 33.4 Å². The molecule has 2 amide bonds. The Morgan fingerprint density at radius 3 is 2.11 bits per heavy atom. The second kappa shape index (κ2) is 19.5. The highest BCUT2D eigenvalue weighted by atomic mass is 32.1. The standard InChI is InChI=1S/C44H63F3N5O9PSSi/c1-15-48-39(55)51-35-23-28(37-50-33(26-63-37)44(45,46)47)30(24-49-35)27-16-17-32-29(22-27)36(53)31(25-52(32)34(40(2,3)4)18-19-43(11,12)64(13,14)57)38(54)58-20-21-59-62(56,60-41(5,6)7)61-42(8,9)10/h16-17,22-26,34,57H,15,18-21H2,1-14H3,(H2,48,49,51,55)/t34-/m1/s1. The third kappa shape index (κ3) is 13.8. The molecule has 3 N–H and O–H groups in total. The van der Waals surface area contributed by atoms with E-state index in [0.717, 1.165) is 16.7 Å². The van der Waals surface area contributed by atoms with Gasteiger partial charge < -0.3 is 19.4 Å². The number of fused-ring (bicyclic) bond motifs is 1. The number of aromatic nitrogens is 3. The second-order valence-corrected chi connectivity index (χ2v) is 26.7. The third-order valence-corrected chi connectivity index (χ3v) is 16.9. The van der Waals surface area contributed by atoms with Gasteiger partial charge in [-0.15, -0.1) is 11.3 Å². The van der Waals surface area contributed by atoms with Crippen molar-refractivity contribution in [2.45, 2.75) is 137 Å². The predicted octanol–water partition coefficient (Wildman–Crippen LogP) is 11.6. The number of halogens is 3. The summed E-state index contributed by atoms with van der Waals surface area (Å²) in [4.78, 5) is 60.4. The van der Waals surface area contributed by atoms with Gasteiger partial charge in [0.15, 0.2) is 14.0 Å². The molecule has 64 heavy (non-hydrogen) atoms. The zero-order valence-corrected chi connectivity index (χ0v) is 41.9. The van der Waals surface area contributed by atoms with E-state index in [1.165, 1.54) is 18.5 Å². The van der Waals surface area contributed by atoms with E-state index in [9.17, 15) is 36.9 Å². The number of phosphoric acid groups is 1. The van der Waals surface area contributed by atoms with E-state index in [0.29, 0.717) is 36.0 Å². The van der Waals surface area contributed by atoms with Crippen LogP contribution in [0.4, 0.5) is 23.8 Å². The number of carbonyl (C=O) groups is 2. The number of amides is 2. The Morgan fingerprint density at radius 1 is 0.953 bits per heavy atom. The molecule has 1 atom stereocenters. The molecular weight excluding hydrogens is 891 g/mol. The smallest absolute Gasteiger partial charge is 0.459 e. The molecule has 0 bridgehead atoms. The predicted molar refractivity (Wildman–Crippen MR) is 247 cm³/mol. The Balaban J connectivity index is 1.90. The number of pyridine rings is 2. The minimum absolute atomic E-state index is 0.0168. The molecule has 20 heteroatoms. The van der Waals surface area contributed by atoms with Crippen molar-refractivity contribution in [1.82, 2.24) is 19.9 Å². The summed E-state index contributed by atoms with van der Waals surface area (Å²) in [6, 6.07) is 5.45. The number of hydrogen-bond acceptors (Lipinski definition) is 12. The summed E-state index contributed by atoms with van der Waals surface area (Å²) < 4.78 is 79.3. The fourth-order valence-electron chi connectivity index (χ4n) is 6.60. The molecule has 0 fully saturated rings. The summed E-state index contributed by atoms with van der Waals surface area (Å²) in [7, 11) is -6.80. The molecule has 0 aliphatic heterocycles. The van der Waals surface area contributed by atoms with E-state index in [2.05, 4.69) is 20.6 Å². The number of urea groups is 1. The molecule has 4 rings (SSSR count). The number of phosphoric ester groups is 1. The summed E-state index contributed by atoms with van der Waals surface area (Å²) >= 11 is 0.750. The lowest BCUT2D eigenvalue weighted by Gasteiger charge is -2.40. The van der Waals surface area contributed by atoms with E-state index in [4.69, 9.17) is 18.3 Å². The van der Waals surface area contributed by atoms with Gasteiger partial charge in [-0.05, 0) is 109 Å². The Labute approximate surface area is 378 Å². The van der Waals surface area contributed by atoms with Crippen LogP contribution in [-0.2, 0) is 29.0 Å². The second-order valence-electron chi connectivity index (χ2n) is 19.8. The number of alkyl halides is 3. The molecule has 0 saturated carbocycles. The molecule has 14 nitrogen and oxygen atoms in total. The number of benzene rings is 1. The maximum absolute atomic E-state index is 14.6. The van der Waals surface area contributed by atoms with Crippen molar-refractivity contribution < 1.29 is 50.4 Å². The molecule has 0 aliphatic carbocycles. The van der Waals surface area contributed by atoms with Crippen LogP contribution in [0.25, 0.3) is 32.6 Å². The molecule has 4 aromatic rings. The van der Waals surface area contributed by atoms with Crippen LogP contribution in [0.5, 0.6) is 0 Å². The van der Waals surface area contributed by atoms with Crippen LogP contribution in [0, 0.1) is 5.41 Å². The number of anilines is 1. The van der Waals surface area contributed by atoms with Gasteiger partial charge in [-0.1, -0.05) is 40.7 Å². The topological polar surface area (TPSA) is 180 Å². The van der Waals surface area contributed by atoms with Crippen molar-refractivity contribution in [1.29, 1.82) is 0 Å². The molecule has 0 spiro atoms. The number of ether oxygens (including phenoxy) is 1. The first-order chi connectivity index (χ1) is 29.1. The van der Waals surface area contributed by atoms with Gasteiger partial charge in [0.05, 0.1) is 23.3 Å². The number of nitrogens with zero attached hydrogens (tertiary/aromatic N) is 3. The third-order valence-electron chi connectivity index (χ3n) is 10.4. The Bertz CT molecular complexity index is 2410. The van der Waals surface area contributed by atoms with Gasteiger partial charge in [0.1, 0.15) is 23.0 Å². The van der Waals surface area contributed by atoms with Gasteiger partial charge in [-0.25, -0.2) is 24.1 Å². The van der Waals surface area contributed by atoms with Crippen LogP contribution in [0.15, 0.2) is 46.8 Å². The first-order valence-corrected chi connectivity index (χ1v) is 26.3. The summed E-state index contributed by atoms with van der Waals surface area (Å²) in [5.74, 6) is -0.942. The highest BCUT2D eigenvalue weighted by Crippen LogP contribution is 2.55. The van der Waals surface area contributed by atoms with Crippen LogP contribution in [-0.4, -0.2) is 70.6 Å². The molecule has 0 saturated heterocycles. The molecule has 0 unspecified atom stereocenters. The lowest BCUT2D eigenvalue weighted by molar-refractivity contribution is -0.140. The van der Waals surface area contributed by atoms with Crippen LogP contribution < -0.4 is 16.1 Å². The van der Waals surface area contributed by atoms with E-state index < -0.39 is 80.3 Å². The SMILES string of the molecule is CCNC(=O)Nc1cc(-c2nc(C(F)(F)F)cs2)c(-c2ccc3c(c2)c(=O)c(C(=O)OCCOP(=O)(OC(C)(C)C)OC(C)(C)C)cn3[C@H](CCC(C)(C)[Si](C)(C)O)C(C)(C)C)cn1. The molecule has 354 valence electrons. The number of thiazole rings is 1. The number of carbonyl (C=O) groups excluding carboxylic acids is 2. The summed E-state index contributed by atoms with van der Waals surface area (Å²) in [5.41, 5.74) is -3.06. The van der Waals surface area contributed by atoms with Gasteiger partial charge in [-0.3, -0.25) is 23.7 Å². The quantitative estimate of drug-likeness (QED) is 0.0421. The van der Waals surface area contributed by atoms with Crippen molar-refractivity contribution in [2.24, 2.45) is 5.41 Å². The zero-order valence-electron chi connectivity index (χ0n) is 39.2. The lowest BCUT2D eigenvalue weighted by Crippen LogP contribution is -2.40. The fraction of sp³-hybridized carbons (Fsp3) is 0.568. The Hall–Kier alpha value is -3.97. The van der Waals surface area contributed by atoms with Crippen molar-refractivity contribution in [2.75, 3.05) is 25.1 Å². The van der Waals surface area contributed by atoms with Gasteiger partial charge in [-0.2, -0.15) is 13.2 Å². The molecule has 0 radical (unpaired) electrons. The Kier molecular flexibility index (Phi) is 16.0. The van der Waals surface area contributed by atoms with Crippen LogP contribution in [0.2, 0.25) is 18.1 Å². The number of rotatable bonds is 16. The fourth-order valence-corrected chi connectivity index (χ4v) is 10.00. The highest BCUT2D eigenvalue weighted by Gasteiger charge is 2.41. The van der Waals surface area contributed by atoms with Crippen LogP contribution in [0.3, 0.4) is 0 Å². The van der Waals surface area contributed by atoms with Crippen molar-refractivity contribution in [3.05, 3.63) is 63.5 Å². The number of nitrogens with one attached hydrogen (secondary N) is 2.